The molecule has 1 aromatic heterocycles. The van der Waals surface area contributed by atoms with Crippen LogP contribution in [0.3, 0.4) is 0 Å². The van der Waals surface area contributed by atoms with Crippen LogP contribution in [0.4, 0.5) is 8.78 Å². The number of hydrogen-bond donors (Lipinski definition) is 2. The zero-order valence-corrected chi connectivity index (χ0v) is 16.1. The molecule has 1 aliphatic carbocycles. The number of fused-ring (bicyclic) bond motifs is 1. The van der Waals surface area contributed by atoms with Crippen molar-refractivity contribution in [1.29, 1.82) is 0 Å². The lowest BCUT2D eigenvalue weighted by atomic mass is 10.2. The highest BCUT2D eigenvalue weighted by atomic mass is 19.2. The van der Waals surface area contributed by atoms with Crippen molar-refractivity contribution in [3.63, 3.8) is 0 Å². The number of aromatic nitrogens is 2. The highest BCUT2D eigenvalue weighted by Gasteiger charge is 2.27. The summed E-state index contributed by atoms with van der Waals surface area (Å²) in [5, 5.41) is 9.66. The van der Waals surface area contributed by atoms with Gasteiger partial charge in [-0.25, -0.2) is 13.5 Å². The van der Waals surface area contributed by atoms with Crippen LogP contribution >= 0.6 is 0 Å². The summed E-state index contributed by atoms with van der Waals surface area (Å²) in [6.45, 7) is 0.189. The van der Waals surface area contributed by atoms with Crippen LogP contribution in [0.15, 0.2) is 48.5 Å². The van der Waals surface area contributed by atoms with E-state index >= 15 is 0 Å². The van der Waals surface area contributed by atoms with Gasteiger partial charge in [-0.05, 0) is 37.0 Å². The predicted molar refractivity (Wildman–Crippen MR) is 106 cm³/mol. The van der Waals surface area contributed by atoms with E-state index in [9.17, 15) is 18.4 Å². The first-order valence-corrected chi connectivity index (χ1v) is 9.68. The Morgan fingerprint density at radius 2 is 1.80 bits per heavy atom. The first-order valence-electron chi connectivity index (χ1n) is 9.68. The van der Waals surface area contributed by atoms with Crippen molar-refractivity contribution in [3.8, 4) is 5.69 Å². The molecule has 154 valence electrons. The van der Waals surface area contributed by atoms with Crippen molar-refractivity contribution < 1.29 is 18.4 Å². The van der Waals surface area contributed by atoms with Crippen LogP contribution in [-0.4, -0.2) is 28.1 Å². The number of nitrogens with one attached hydrogen (secondary N) is 2. The first-order chi connectivity index (χ1) is 14.5. The lowest BCUT2D eigenvalue weighted by Gasteiger charge is -2.07. The van der Waals surface area contributed by atoms with Crippen molar-refractivity contribution >= 4 is 11.8 Å². The monoisotopic (exact) mass is 410 g/mol. The highest BCUT2D eigenvalue weighted by Crippen LogP contribution is 2.28. The van der Waals surface area contributed by atoms with Crippen molar-refractivity contribution in [3.05, 3.63) is 82.7 Å². The molecule has 0 spiro atoms. The lowest BCUT2D eigenvalue weighted by molar-refractivity contribution is -0.120. The molecule has 1 aliphatic rings. The molecule has 0 saturated heterocycles. The van der Waals surface area contributed by atoms with Crippen molar-refractivity contribution in [2.45, 2.75) is 25.8 Å². The number of carbonyl (C=O) groups excluding carboxylic acids is 2. The molecule has 0 saturated carbocycles. The van der Waals surface area contributed by atoms with E-state index in [4.69, 9.17) is 0 Å². The maximum atomic E-state index is 13.6. The number of hydrogen-bond acceptors (Lipinski definition) is 3. The van der Waals surface area contributed by atoms with Crippen LogP contribution in [0, 0.1) is 11.6 Å². The van der Waals surface area contributed by atoms with E-state index < -0.39 is 17.5 Å². The minimum Gasteiger partial charge on any atom is -0.350 e. The van der Waals surface area contributed by atoms with E-state index in [2.05, 4.69) is 15.7 Å². The molecule has 1 heterocycles. The second-order valence-corrected chi connectivity index (χ2v) is 7.08. The molecule has 0 radical (unpaired) electrons. The molecule has 2 amide bonds. The number of carbonyl (C=O) groups is 2. The quantitative estimate of drug-likeness (QED) is 0.656. The fourth-order valence-corrected chi connectivity index (χ4v) is 3.55. The first kappa shape index (κ1) is 19.8. The van der Waals surface area contributed by atoms with E-state index in [0.29, 0.717) is 25.1 Å². The average Bonchev–Trinajstić information content (AvgIpc) is 3.36. The van der Waals surface area contributed by atoms with E-state index in [1.807, 2.05) is 30.3 Å². The lowest BCUT2D eigenvalue weighted by Crippen LogP contribution is -2.37. The Kier molecular flexibility index (Phi) is 5.56. The molecule has 0 aliphatic heterocycles. The number of halogens is 2. The summed E-state index contributed by atoms with van der Waals surface area (Å²) in [5.41, 5.74) is 3.11. The molecule has 8 heteroatoms. The van der Waals surface area contributed by atoms with Crippen molar-refractivity contribution in [2.24, 2.45) is 0 Å². The van der Waals surface area contributed by atoms with Gasteiger partial charge in [0.15, 0.2) is 17.3 Å². The van der Waals surface area contributed by atoms with E-state index in [-0.39, 0.29) is 18.1 Å². The molecular formula is C22H20F2N4O2. The Morgan fingerprint density at radius 1 is 1.00 bits per heavy atom. The van der Waals surface area contributed by atoms with Gasteiger partial charge in [0.2, 0.25) is 5.91 Å². The summed E-state index contributed by atoms with van der Waals surface area (Å²) in [5.74, 6) is -2.70. The van der Waals surface area contributed by atoms with Crippen LogP contribution in [0.1, 0.15) is 33.7 Å². The third-order valence-electron chi connectivity index (χ3n) is 5.04. The number of benzene rings is 2. The van der Waals surface area contributed by atoms with E-state index in [0.717, 1.165) is 35.4 Å². The zero-order chi connectivity index (χ0) is 21.1. The normalized spacial score (nSPS) is 12.5. The van der Waals surface area contributed by atoms with Gasteiger partial charge in [-0.1, -0.05) is 30.3 Å². The minimum absolute atomic E-state index is 0.182. The number of rotatable bonds is 6. The summed E-state index contributed by atoms with van der Waals surface area (Å²) < 4.78 is 28.4. The Balaban J connectivity index is 1.44. The van der Waals surface area contributed by atoms with Crippen LogP contribution in [0.25, 0.3) is 5.69 Å². The fraction of sp³-hybridized carbons (Fsp3) is 0.227. The van der Waals surface area contributed by atoms with Gasteiger partial charge in [0, 0.05) is 23.9 Å². The van der Waals surface area contributed by atoms with Gasteiger partial charge >= 0.3 is 0 Å². The second-order valence-electron chi connectivity index (χ2n) is 7.08. The third kappa shape index (κ3) is 4.07. The average molecular weight is 410 g/mol. The van der Waals surface area contributed by atoms with Gasteiger partial charge in [-0.3, -0.25) is 9.59 Å². The predicted octanol–water partition coefficient (Wildman–Crippen LogP) is 2.69. The number of amides is 2. The number of nitrogens with zero attached hydrogens (tertiary/aromatic N) is 2. The van der Waals surface area contributed by atoms with Gasteiger partial charge in [-0.2, -0.15) is 5.10 Å². The summed E-state index contributed by atoms with van der Waals surface area (Å²) in [6, 6.07) is 13.0. The molecule has 0 unspecified atom stereocenters. The molecule has 30 heavy (non-hydrogen) atoms. The molecular weight excluding hydrogens is 390 g/mol. The van der Waals surface area contributed by atoms with Gasteiger partial charge in [-0.15, -0.1) is 0 Å². The Bertz CT molecular complexity index is 1100. The molecule has 4 rings (SSSR count). The summed E-state index contributed by atoms with van der Waals surface area (Å²) in [6.07, 6.45) is 2.20. The van der Waals surface area contributed by atoms with Gasteiger partial charge in [0.1, 0.15) is 0 Å². The SMILES string of the molecule is O=C(CNC(=O)c1nn(-c2ccc(F)c(F)c2)c2c1CCC2)NCc1ccccc1. The Labute approximate surface area is 171 Å². The Morgan fingerprint density at radius 3 is 2.57 bits per heavy atom. The van der Waals surface area contributed by atoms with Crippen LogP contribution in [-0.2, 0) is 24.2 Å². The molecule has 6 nitrogen and oxygen atoms in total. The van der Waals surface area contributed by atoms with Crippen LogP contribution in [0.5, 0.6) is 0 Å². The van der Waals surface area contributed by atoms with Crippen LogP contribution < -0.4 is 10.6 Å². The second kappa shape index (κ2) is 8.44. The maximum absolute atomic E-state index is 13.6. The minimum atomic E-state index is -0.976. The zero-order valence-electron chi connectivity index (χ0n) is 16.1. The molecule has 3 aromatic rings. The maximum Gasteiger partial charge on any atom is 0.272 e. The molecule has 2 aromatic carbocycles. The summed E-state index contributed by atoms with van der Waals surface area (Å²) in [7, 11) is 0. The van der Waals surface area contributed by atoms with Crippen LogP contribution in [0.2, 0.25) is 0 Å². The Hall–Kier alpha value is -3.55. The third-order valence-corrected chi connectivity index (χ3v) is 5.04. The molecule has 0 bridgehead atoms. The fourth-order valence-electron chi connectivity index (χ4n) is 3.55. The smallest absolute Gasteiger partial charge is 0.272 e. The molecule has 2 N–H and O–H groups in total. The molecule has 0 atom stereocenters. The largest absolute Gasteiger partial charge is 0.350 e. The summed E-state index contributed by atoms with van der Waals surface area (Å²) >= 11 is 0. The van der Waals surface area contributed by atoms with Gasteiger partial charge in [0.05, 0.1) is 12.2 Å². The van der Waals surface area contributed by atoms with Crippen molar-refractivity contribution in [1.82, 2.24) is 20.4 Å². The van der Waals surface area contributed by atoms with Gasteiger partial charge < -0.3 is 10.6 Å². The summed E-state index contributed by atoms with van der Waals surface area (Å²) in [4.78, 5) is 24.7. The topological polar surface area (TPSA) is 76.0 Å². The van der Waals surface area contributed by atoms with E-state index in [1.165, 1.54) is 10.7 Å². The van der Waals surface area contributed by atoms with E-state index in [1.54, 1.807) is 0 Å². The molecule has 0 fully saturated rings. The highest BCUT2D eigenvalue weighted by molar-refractivity contribution is 5.96. The van der Waals surface area contributed by atoms with Gasteiger partial charge in [0.25, 0.3) is 5.91 Å². The standard InChI is InChI=1S/C22H20F2N4O2/c23-17-10-9-15(11-18(17)24)28-19-8-4-7-16(19)21(27-28)22(30)26-13-20(29)25-12-14-5-2-1-3-6-14/h1-3,5-6,9-11H,4,7-8,12-13H2,(H,25,29)(H,26,30). The van der Waals surface area contributed by atoms with Crippen molar-refractivity contribution in [2.75, 3.05) is 6.54 Å².